The van der Waals surface area contributed by atoms with Crippen molar-refractivity contribution in [1.82, 2.24) is 4.98 Å². The van der Waals surface area contributed by atoms with Crippen LogP contribution in [0.1, 0.15) is 15.9 Å². The number of hydrogen-bond acceptors (Lipinski definition) is 3. The third-order valence-electron chi connectivity index (χ3n) is 2.53. The number of alkyl halides is 3. The fourth-order valence-corrected chi connectivity index (χ4v) is 1.61. The number of aromatic nitrogens is 1. The Kier molecular flexibility index (Phi) is 4.02. The lowest BCUT2D eigenvalue weighted by atomic mass is 10.1. The van der Waals surface area contributed by atoms with E-state index in [4.69, 9.17) is 5.11 Å². The van der Waals surface area contributed by atoms with Crippen LogP contribution in [0.3, 0.4) is 0 Å². The molecule has 1 N–H and O–H groups in total. The molecule has 0 atom stereocenters. The number of carbonyl (C=O) groups is 1. The van der Waals surface area contributed by atoms with Crippen molar-refractivity contribution in [2.24, 2.45) is 4.99 Å². The number of pyridine rings is 1. The van der Waals surface area contributed by atoms with E-state index in [1.165, 1.54) is 30.3 Å². The minimum Gasteiger partial charge on any atom is -0.478 e. The van der Waals surface area contributed by atoms with Gasteiger partial charge in [-0.2, -0.15) is 13.2 Å². The molecule has 2 rings (SSSR count). The Morgan fingerprint density at radius 2 is 1.76 bits per heavy atom. The molecular weight excluding hydrogens is 285 g/mol. The van der Waals surface area contributed by atoms with E-state index in [0.717, 1.165) is 12.3 Å². The van der Waals surface area contributed by atoms with Crippen LogP contribution in [-0.4, -0.2) is 27.9 Å². The zero-order chi connectivity index (χ0) is 15.5. The lowest BCUT2D eigenvalue weighted by Gasteiger charge is -2.10. The third-order valence-corrected chi connectivity index (χ3v) is 2.53. The number of aliphatic imine (C=N–C) groups is 1. The van der Waals surface area contributed by atoms with Crippen LogP contribution in [0.25, 0.3) is 0 Å². The van der Waals surface area contributed by atoms with Crippen molar-refractivity contribution in [3.05, 3.63) is 59.8 Å². The van der Waals surface area contributed by atoms with Crippen molar-refractivity contribution in [3.8, 4) is 0 Å². The molecule has 4 nitrogen and oxygen atoms in total. The van der Waals surface area contributed by atoms with Gasteiger partial charge < -0.3 is 5.11 Å². The van der Waals surface area contributed by atoms with Crippen molar-refractivity contribution in [2.45, 2.75) is 6.18 Å². The van der Waals surface area contributed by atoms with Crippen LogP contribution in [0, 0.1) is 0 Å². The van der Waals surface area contributed by atoms with Gasteiger partial charge in [-0.1, -0.05) is 30.3 Å². The highest BCUT2D eigenvalue weighted by Gasteiger charge is 2.36. The number of halogens is 3. The number of nitrogens with zero attached hydrogens (tertiary/aromatic N) is 2. The monoisotopic (exact) mass is 294 g/mol. The lowest BCUT2D eigenvalue weighted by molar-refractivity contribution is -0.0580. The minimum atomic E-state index is -4.68. The molecule has 21 heavy (non-hydrogen) atoms. The summed E-state index contributed by atoms with van der Waals surface area (Å²) in [5.41, 5.74) is -1.43. The first-order valence-electron chi connectivity index (χ1n) is 5.78. The fraction of sp³-hybridized carbons (Fsp3) is 0.0714. The minimum absolute atomic E-state index is 0.118. The first-order valence-corrected chi connectivity index (χ1v) is 5.78. The summed E-state index contributed by atoms with van der Waals surface area (Å²) in [4.78, 5) is 17.9. The van der Waals surface area contributed by atoms with Crippen LogP contribution >= 0.6 is 0 Å². The number of rotatable bonds is 3. The molecule has 0 radical (unpaired) electrons. The zero-order valence-electron chi connectivity index (χ0n) is 10.5. The SMILES string of the molecule is O=C(O)c1ccnc(/N=C(/c2ccccc2)C(F)(F)F)c1. The Bertz CT molecular complexity index is 682. The standard InChI is InChI=1S/C14H9F3N2O2/c15-14(16,17)12(9-4-2-1-3-5-9)19-11-8-10(13(20)21)6-7-18-11/h1-8H,(H,20,21)/b19-12-. The second-order valence-electron chi connectivity index (χ2n) is 4.03. The molecule has 0 aliphatic carbocycles. The van der Waals surface area contributed by atoms with E-state index in [0.29, 0.717) is 0 Å². The average molecular weight is 294 g/mol. The molecule has 1 aromatic heterocycles. The number of hydrogen-bond donors (Lipinski definition) is 1. The van der Waals surface area contributed by atoms with E-state index in [2.05, 4.69) is 9.98 Å². The molecule has 2 aromatic rings. The highest BCUT2D eigenvalue weighted by molar-refractivity contribution is 6.05. The maximum absolute atomic E-state index is 13.1. The van der Waals surface area contributed by atoms with Crippen LogP contribution in [0.2, 0.25) is 0 Å². The summed E-state index contributed by atoms with van der Waals surface area (Å²) in [5.74, 6) is -1.58. The highest BCUT2D eigenvalue weighted by Crippen LogP contribution is 2.25. The van der Waals surface area contributed by atoms with Gasteiger partial charge in [0.05, 0.1) is 5.56 Å². The summed E-state index contributed by atoms with van der Waals surface area (Å²) in [6.45, 7) is 0. The van der Waals surface area contributed by atoms with E-state index < -0.39 is 17.9 Å². The van der Waals surface area contributed by atoms with E-state index in [9.17, 15) is 18.0 Å². The molecule has 0 unspecified atom stereocenters. The van der Waals surface area contributed by atoms with E-state index >= 15 is 0 Å². The first kappa shape index (κ1) is 14.7. The molecule has 1 aromatic carbocycles. The predicted molar refractivity (Wildman–Crippen MR) is 69.9 cm³/mol. The van der Waals surface area contributed by atoms with Crippen LogP contribution in [0.15, 0.2) is 53.7 Å². The van der Waals surface area contributed by atoms with Gasteiger partial charge in [-0.15, -0.1) is 0 Å². The number of carboxylic acid groups (broad SMARTS) is 1. The summed E-state index contributed by atoms with van der Waals surface area (Å²) >= 11 is 0. The Hall–Kier alpha value is -2.70. The van der Waals surface area contributed by atoms with Gasteiger partial charge in [0, 0.05) is 11.8 Å². The molecule has 0 amide bonds. The summed E-state index contributed by atoms with van der Waals surface area (Å²) in [6.07, 6.45) is -3.58. The third kappa shape index (κ3) is 3.65. The Morgan fingerprint density at radius 3 is 2.33 bits per heavy atom. The van der Waals surface area contributed by atoms with Gasteiger partial charge in [-0.05, 0) is 12.1 Å². The molecular formula is C14H9F3N2O2. The second-order valence-corrected chi connectivity index (χ2v) is 4.03. The van der Waals surface area contributed by atoms with Crippen LogP contribution < -0.4 is 0 Å². The van der Waals surface area contributed by atoms with Crippen LogP contribution in [0.4, 0.5) is 19.0 Å². The maximum atomic E-state index is 13.1. The van der Waals surface area contributed by atoms with Crippen molar-refractivity contribution < 1.29 is 23.1 Å². The Morgan fingerprint density at radius 1 is 1.10 bits per heavy atom. The van der Waals surface area contributed by atoms with Crippen LogP contribution in [-0.2, 0) is 0 Å². The molecule has 1 heterocycles. The van der Waals surface area contributed by atoms with Crippen molar-refractivity contribution >= 4 is 17.5 Å². The van der Waals surface area contributed by atoms with Gasteiger partial charge >= 0.3 is 12.1 Å². The van der Waals surface area contributed by atoms with E-state index in [1.54, 1.807) is 6.07 Å². The van der Waals surface area contributed by atoms with Gasteiger partial charge in [-0.25, -0.2) is 14.8 Å². The van der Waals surface area contributed by atoms with E-state index in [1.807, 2.05) is 0 Å². The van der Waals surface area contributed by atoms with Crippen molar-refractivity contribution in [2.75, 3.05) is 0 Å². The predicted octanol–water partition coefficient (Wildman–Crippen LogP) is 3.46. The normalized spacial score (nSPS) is 12.2. The molecule has 108 valence electrons. The first-order chi connectivity index (χ1) is 9.88. The van der Waals surface area contributed by atoms with Gasteiger partial charge in [0.2, 0.25) is 0 Å². The summed E-state index contributed by atoms with van der Waals surface area (Å²) in [5, 5.41) is 8.82. The quantitative estimate of drug-likeness (QED) is 0.882. The molecule has 7 heteroatoms. The summed E-state index contributed by atoms with van der Waals surface area (Å²) in [7, 11) is 0. The molecule has 0 spiro atoms. The Labute approximate surface area is 117 Å². The zero-order valence-corrected chi connectivity index (χ0v) is 10.5. The summed E-state index contributed by atoms with van der Waals surface area (Å²) in [6, 6.07) is 9.20. The van der Waals surface area contributed by atoms with Gasteiger partial charge in [0.1, 0.15) is 0 Å². The number of aromatic carboxylic acids is 1. The number of carboxylic acids is 1. The lowest BCUT2D eigenvalue weighted by Crippen LogP contribution is -2.23. The van der Waals surface area contributed by atoms with Gasteiger partial charge in [-0.3, -0.25) is 0 Å². The van der Waals surface area contributed by atoms with E-state index in [-0.39, 0.29) is 16.9 Å². The average Bonchev–Trinajstić information content (AvgIpc) is 2.45. The molecule has 0 saturated carbocycles. The number of benzene rings is 1. The van der Waals surface area contributed by atoms with Crippen molar-refractivity contribution in [3.63, 3.8) is 0 Å². The topological polar surface area (TPSA) is 62.5 Å². The molecule has 0 aliphatic rings. The summed E-state index contributed by atoms with van der Waals surface area (Å²) < 4.78 is 39.2. The smallest absolute Gasteiger partial charge is 0.434 e. The Balaban J connectivity index is 2.52. The molecule has 0 bridgehead atoms. The fourth-order valence-electron chi connectivity index (χ4n) is 1.61. The van der Waals surface area contributed by atoms with Gasteiger partial charge in [0.25, 0.3) is 0 Å². The second kappa shape index (κ2) is 5.74. The van der Waals surface area contributed by atoms with Gasteiger partial charge in [0.15, 0.2) is 11.5 Å². The maximum Gasteiger partial charge on any atom is 0.434 e. The molecule has 0 saturated heterocycles. The largest absolute Gasteiger partial charge is 0.478 e. The highest BCUT2D eigenvalue weighted by atomic mass is 19.4. The molecule has 0 fully saturated rings. The molecule has 0 aliphatic heterocycles. The van der Waals surface area contributed by atoms with Crippen LogP contribution in [0.5, 0.6) is 0 Å². The van der Waals surface area contributed by atoms with Crippen molar-refractivity contribution in [1.29, 1.82) is 0 Å².